The minimum absolute atomic E-state index is 0.103. The predicted octanol–water partition coefficient (Wildman–Crippen LogP) is 7.08. The van der Waals surface area contributed by atoms with E-state index in [4.69, 9.17) is 18.9 Å². The van der Waals surface area contributed by atoms with E-state index in [2.05, 4.69) is 10.6 Å². The Balaban J connectivity index is 1.45. The Kier molecular flexibility index (Phi) is 14.1. The van der Waals surface area contributed by atoms with Crippen molar-refractivity contribution in [3.63, 3.8) is 0 Å². The second-order valence-electron chi connectivity index (χ2n) is 11.8. The summed E-state index contributed by atoms with van der Waals surface area (Å²) in [4.78, 5) is 26.3. The maximum absolute atomic E-state index is 13.2. The highest BCUT2D eigenvalue weighted by atomic mass is 19.4. The molecule has 0 spiro atoms. The van der Waals surface area contributed by atoms with E-state index in [0.29, 0.717) is 12.8 Å². The molecule has 4 unspecified atom stereocenters. The van der Waals surface area contributed by atoms with Gasteiger partial charge in [0.05, 0.1) is 24.3 Å². The van der Waals surface area contributed by atoms with Gasteiger partial charge in [-0.1, -0.05) is 60.7 Å². The van der Waals surface area contributed by atoms with Crippen LogP contribution in [-0.2, 0) is 44.3 Å². The lowest BCUT2D eigenvalue weighted by molar-refractivity contribution is -0.180. The summed E-state index contributed by atoms with van der Waals surface area (Å²) in [6.45, 7) is -0.207. The van der Waals surface area contributed by atoms with Crippen molar-refractivity contribution < 1.29 is 54.9 Å². The Morgan fingerprint density at radius 3 is 1.15 bits per heavy atom. The Labute approximate surface area is 297 Å². The van der Waals surface area contributed by atoms with Crippen LogP contribution in [0.5, 0.6) is 11.5 Å². The van der Waals surface area contributed by atoms with E-state index in [1.165, 1.54) is 38.4 Å². The topological polar surface area (TPSA) is 95.1 Å². The summed E-state index contributed by atoms with van der Waals surface area (Å²) in [5, 5.41) is 5.72. The molecule has 52 heavy (non-hydrogen) atoms. The van der Waals surface area contributed by atoms with E-state index in [9.17, 15) is 35.9 Å². The van der Waals surface area contributed by atoms with E-state index in [1.54, 1.807) is 0 Å². The molecular formula is C38H38F6N2O6. The van der Waals surface area contributed by atoms with Crippen LogP contribution in [0.1, 0.15) is 22.3 Å². The SMILES string of the molecule is CNC(OC(=O)C(=O)OC(NC)C(COc1ccc(C(F)(F)F)cc1)Cc1ccccc1)C(COc1ccc(C(F)(F)F)cc1)Cc1ccccc1. The fourth-order valence-electron chi connectivity index (χ4n) is 5.34. The number of rotatable bonds is 16. The average molecular weight is 733 g/mol. The third kappa shape index (κ3) is 12.0. The first-order valence-electron chi connectivity index (χ1n) is 16.2. The highest BCUT2D eigenvalue weighted by Crippen LogP contribution is 2.32. The molecule has 0 heterocycles. The maximum Gasteiger partial charge on any atom is 0.419 e. The molecule has 278 valence electrons. The zero-order valence-corrected chi connectivity index (χ0v) is 28.2. The van der Waals surface area contributed by atoms with Crippen molar-refractivity contribution in [2.45, 2.75) is 37.7 Å². The number of esters is 2. The monoisotopic (exact) mass is 732 g/mol. The Hall–Kier alpha value is -5.08. The van der Waals surface area contributed by atoms with Crippen LogP contribution in [0.15, 0.2) is 109 Å². The number of hydrogen-bond acceptors (Lipinski definition) is 8. The molecule has 0 radical (unpaired) electrons. The summed E-state index contributed by atoms with van der Waals surface area (Å²) in [5.41, 5.74) is 0.0143. The third-order valence-corrected chi connectivity index (χ3v) is 8.03. The van der Waals surface area contributed by atoms with Gasteiger partial charge < -0.3 is 18.9 Å². The summed E-state index contributed by atoms with van der Waals surface area (Å²) in [6.07, 6.45) is -10.6. The van der Waals surface area contributed by atoms with E-state index in [-0.39, 0.29) is 24.7 Å². The molecule has 0 aliphatic heterocycles. The minimum atomic E-state index is -4.51. The zero-order valence-electron chi connectivity index (χ0n) is 28.2. The lowest BCUT2D eigenvalue weighted by Crippen LogP contribution is -2.46. The largest absolute Gasteiger partial charge is 0.493 e. The smallest absolute Gasteiger partial charge is 0.419 e. The van der Waals surface area contributed by atoms with Crippen LogP contribution in [0.4, 0.5) is 26.3 Å². The van der Waals surface area contributed by atoms with Gasteiger partial charge in [0.15, 0.2) is 12.5 Å². The molecule has 4 aromatic rings. The quantitative estimate of drug-likeness (QED) is 0.0547. The summed E-state index contributed by atoms with van der Waals surface area (Å²) in [5.74, 6) is -3.56. The molecule has 4 atom stereocenters. The summed E-state index contributed by atoms with van der Waals surface area (Å²) in [6, 6.07) is 26.6. The highest BCUT2D eigenvalue weighted by Gasteiger charge is 2.34. The molecule has 4 rings (SSSR count). The van der Waals surface area contributed by atoms with Gasteiger partial charge in [-0.15, -0.1) is 0 Å². The number of carbonyl (C=O) groups is 2. The van der Waals surface area contributed by atoms with Crippen LogP contribution in [0.25, 0.3) is 0 Å². The van der Waals surface area contributed by atoms with Gasteiger partial charge in [0.1, 0.15) is 11.5 Å². The molecule has 4 aromatic carbocycles. The van der Waals surface area contributed by atoms with Crippen molar-refractivity contribution in [2.75, 3.05) is 27.3 Å². The summed E-state index contributed by atoms with van der Waals surface area (Å²) in [7, 11) is 3.01. The third-order valence-electron chi connectivity index (χ3n) is 8.03. The van der Waals surface area contributed by atoms with Crippen LogP contribution in [0.3, 0.4) is 0 Å². The second-order valence-corrected chi connectivity index (χ2v) is 11.8. The Bertz CT molecular complexity index is 1560. The van der Waals surface area contributed by atoms with Gasteiger partial charge in [-0.25, -0.2) is 9.59 Å². The molecule has 0 amide bonds. The number of alkyl halides is 6. The fourth-order valence-corrected chi connectivity index (χ4v) is 5.34. The molecular weight excluding hydrogens is 694 g/mol. The van der Waals surface area contributed by atoms with Gasteiger partial charge in [0, 0.05) is 11.8 Å². The van der Waals surface area contributed by atoms with Crippen LogP contribution in [0.2, 0.25) is 0 Å². The van der Waals surface area contributed by atoms with Crippen molar-refractivity contribution >= 4 is 11.9 Å². The summed E-state index contributed by atoms with van der Waals surface area (Å²) >= 11 is 0. The van der Waals surface area contributed by atoms with E-state index in [0.717, 1.165) is 35.4 Å². The molecule has 0 saturated heterocycles. The molecule has 8 nitrogen and oxygen atoms in total. The van der Waals surface area contributed by atoms with Crippen LogP contribution in [0, 0.1) is 11.8 Å². The summed E-state index contributed by atoms with van der Waals surface area (Å²) < 4.78 is 101. The number of nitrogens with one attached hydrogen (secondary N) is 2. The molecule has 14 heteroatoms. The Morgan fingerprint density at radius 2 is 0.865 bits per heavy atom. The van der Waals surface area contributed by atoms with E-state index >= 15 is 0 Å². The molecule has 0 bridgehead atoms. The van der Waals surface area contributed by atoms with Gasteiger partial charge in [-0.3, -0.25) is 10.6 Å². The fraction of sp³-hybridized carbons (Fsp3) is 0.316. The van der Waals surface area contributed by atoms with Gasteiger partial charge in [-0.05, 0) is 86.6 Å². The second kappa shape index (κ2) is 18.4. The first-order chi connectivity index (χ1) is 24.8. The number of ether oxygens (including phenoxy) is 4. The molecule has 0 aliphatic rings. The lowest BCUT2D eigenvalue weighted by atomic mass is 9.98. The van der Waals surface area contributed by atoms with Gasteiger partial charge in [0.25, 0.3) is 0 Å². The van der Waals surface area contributed by atoms with Crippen LogP contribution < -0.4 is 20.1 Å². The van der Waals surface area contributed by atoms with Gasteiger partial charge >= 0.3 is 24.3 Å². The number of halogens is 6. The number of carbonyl (C=O) groups excluding carboxylic acids is 2. The first kappa shape index (κ1) is 39.7. The average Bonchev–Trinajstić information content (AvgIpc) is 3.13. The highest BCUT2D eigenvalue weighted by molar-refractivity contribution is 6.29. The molecule has 2 N–H and O–H groups in total. The predicted molar refractivity (Wildman–Crippen MR) is 179 cm³/mol. The van der Waals surface area contributed by atoms with Crippen molar-refractivity contribution in [1.82, 2.24) is 10.6 Å². The van der Waals surface area contributed by atoms with Crippen molar-refractivity contribution in [3.8, 4) is 11.5 Å². The normalized spacial score (nSPS) is 14.1. The minimum Gasteiger partial charge on any atom is -0.493 e. The van der Waals surface area contributed by atoms with E-state index in [1.807, 2.05) is 60.7 Å². The molecule has 0 saturated carbocycles. The number of benzene rings is 4. The van der Waals surface area contributed by atoms with Gasteiger partial charge in [0.2, 0.25) is 0 Å². The van der Waals surface area contributed by atoms with Gasteiger partial charge in [-0.2, -0.15) is 26.3 Å². The molecule has 0 fully saturated rings. The molecule has 0 aliphatic carbocycles. The van der Waals surface area contributed by atoms with E-state index < -0.39 is 59.7 Å². The van der Waals surface area contributed by atoms with Crippen molar-refractivity contribution in [1.29, 1.82) is 0 Å². The van der Waals surface area contributed by atoms with Crippen LogP contribution >= 0.6 is 0 Å². The standard InChI is InChI=1S/C38H38F6N2O6/c1-45-33(27(21-25-9-5-3-6-10-25)23-49-31-17-13-29(14-18-31)37(39,40)41)51-35(47)36(48)52-34(46-2)28(22-26-11-7-4-8-12-26)24-50-32-19-15-30(16-20-32)38(42,43)44/h3-20,27-28,33-34,45-46H,21-24H2,1-2H3. The van der Waals surface area contributed by atoms with Crippen LogP contribution in [-0.4, -0.2) is 51.7 Å². The lowest BCUT2D eigenvalue weighted by Gasteiger charge is -2.28. The van der Waals surface area contributed by atoms with Crippen molar-refractivity contribution in [2.24, 2.45) is 11.8 Å². The number of hydrogen-bond donors (Lipinski definition) is 2. The first-order valence-corrected chi connectivity index (χ1v) is 16.2. The van der Waals surface area contributed by atoms with Crippen molar-refractivity contribution in [3.05, 3.63) is 131 Å². The molecule has 0 aromatic heterocycles. The zero-order chi connectivity index (χ0) is 37.7. The maximum atomic E-state index is 13.2. The Morgan fingerprint density at radius 1 is 0.538 bits per heavy atom.